The van der Waals surface area contributed by atoms with E-state index in [1.807, 2.05) is 31.4 Å². The average molecular weight is 236 g/mol. The molecule has 0 fully saturated rings. The molecule has 0 radical (unpaired) electrons. The van der Waals surface area contributed by atoms with Gasteiger partial charge in [-0.2, -0.15) is 0 Å². The summed E-state index contributed by atoms with van der Waals surface area (Å²) in [7, 11) is 0. The number of aryl methyl sites for hydroxylation is 2. The highest BCUT2D eigenvalue weighted by molar-refractivity contribution is 7.09. The van der Waals surface area contributed by atoms with Gasteiger partial charge in [0.05, 0.1) is 5.01 Å². The fraction of sp³-hybridized carbons (Fsp3) is 0.417. The Morgan fingerprint density at radius 2 is 2.31 bits per heavy atom. The van der Waals surface area contributed by atoms with Gasteiger partial charge in [0.15, 0.2) is 5.76 Å². The first-order valence-corrected chi connectivity index (χ1v) is 6.30. The van der Waals surface area contributed by atoms with Crippen LogP contribution in [-0.4, -0.2) is 11.0 Å². The second-order valence-corrected chi connectivity index (χ2v) is 5.00. The molecule has 2 heterocycles. The first-order valence-electron chi connectivity index (χ1n) is 5.42. The van der Waals surface area contributed by atoms with Gasteiger partial charge >= 0.3 is 0 Å². The van der Waals surface area contributed by atoms with Crippen LogP contribution in [0.5, 0.6) is 0 Å². The number of furan rings is 1. The molecular formula is C12H16N2OS. The highest BCUT2D eigenvalue weighted by atomic mass is 32.1. The maximum absolute atomic E-state index is 5.72. The molecular weight excluding hydrogens is 220 g/mol. The van der Waals surface area contributed by atoms with Crippen molar-refractivity contribution in [3.8, 4) is 11.5 Å². The number of rotatable bonds is 4. The predicted octanol–water partition coefficient (Wildman–Crippen LogP) is 2.99. The molecule has 0 saturated heterocycles. The maximum atomic E-state index is 5.72. The minimum Gasteiger partial charge on any atom is -0.460 e. The van der Waals surface area contributed by atoms with Crippen LogP contribution in [0.1, 0.15) is 24.1 Å². The molecule has 4 heteroatoms. The standard InChI is InChI=1S/C12H16N2OS/c1-8(13)3-6-12-14-10(7-16-12)11-5-4-9(2)15-11/h4-5,7-8H,3,6,13H2,1-2H3. The minimum absolute atomic E-state index is 0.234. The Morgan fingerprint density at radius 1 is 1.50 bits per heavy atom. The van der Waals surface area contributed by atoms with Crippen LogP contribution in [0.25, 0.3) is 11.5 Å². The van der Waals surface area contributed by atoms with Gasteiger partial charge < -0.3 is 10.2 Å². The second kappa shape index (κ2) is 4.80. The quantitative estimate of drug-likeness (QED) is 0.887. The van der Waals surface area contributed by atoms with Gasteiger partial charge in [-0.1, -0.05) is 0 Å². The number of aromatic nitrogens is 1. The fourth-order valence-electron chi connectivity index (χ4n) is 1.46. The lowest BCUT2D eigenvalue weighted by atomic mass is 10.2. The van der Waals surface area contributed by atoms with E-state index < -0.39 is 0 Å². The fourth-order valence-corrected chi connectivity index (χ4v) is 2.27. The second-order valence-electron chi connectivity index (χ2n) is 4.05. The molecule has 0 bridgehead atoms. The first-order chi connectivity index (χ1) is 7.65. The Kier molecular flexibility index (Phi) is 3.41. The zero-order valence-electron chi connectivity index (χ0n) is 9.56. The van der Waals surface area contributed by atoms with Crippen molar-refractivity contribution in [3.63, 3.8) is 0 Å². The van der Waals surface area contributed by atoms with Crippen LogP contribution in [0.4, 0.5) is 0 Å². The maximum Gasteiger partial charge on any atom is 0.153 e. The molecule has 2 rings (SSSR count). The normalized spacial score (nSPS) is 12.9. The number of hydrogen-bond donors (Lipinski definition) is 1. The molecule has 16 heavy (non-hydrogen) atoms. The number of nitrogens with zero attached hydrogens (tertiary/aromatic N) is 1. The van der Waals surface area contributed by atoms with Crippen LogP contribution in [0.2, 0.25) is 0 Å². The third-order valence-electron chi connectivity index (χ3n) is 2.36. The van der Waals surface area contributed by atoms with Crippen LogP contribution < -0.4 is 5.73 Å². The van der Waals surface area contributed by atoms with Gasteiger partial charge in [0.1, 0.15) is 11.5 Å². The van der Waals surface area contributed by atoms with E-state index in [1.165, 1.54) is 0 Å². The summed E-state index contributed by atoms with van der Waals surface area (Å²) in [4.78, 5) is 4.54. The van der Waals surface area contributed by atoms with Crippen molar-refractivity contribution in [2.75, 3.05) is 0 Å². The molecule has 0 saturated carbocycles. The smallest absolute Gasteiger partial charge is 0.153 e. The molecule has 0 amide bonds. The van der Waals surface area contributed by atoms with Crippen molar-refractivity contribution in [2.24, 2.45) is 5.73 Å². The summed E-state index contributed by atoms with van der Waals surface area (Å²) in [5.74, 6) is 1.76. The molecule has 1 atom stereocenters. The molecule has 2 N–H and O–H groups in total. The van der Waals surface area contributed by atoms with E-state index in [1.54, 1.807) is 11.3 Å². The van der Waals surface area contributed by atoms with Gasteiger partial charge in [0.25, 0.3) is 0 Å². The molecule has 0 aromatic carbocycles. The Bertz CT molecular complexity index is 459. The Morgan fingerprint density at radius 3 is 2.94 bits per heavy atom. The van der Waals surface area contributed by atoms with E-state index in [2.05, 4.69) is 4.98 Å². The number of hydrogen-bond acceptors (Lipinski definition) is 4. The van der Waals surface area contributed by atoms with Crippen LogP contribution >= 0.6 is 11.3 Å². The summed E-state index contributed by atoms with van der Waals surface area (Å²) in [6.07, 6.45) is 1.92. The summed E-state index contributed by atoms with van der Waals surface area (Å²) < 4.78 is 5.53. The van der Waals surface area contributed by atoms with Gasteiger partial charge in [-0.25, -0.2) is 4.98 Å². The van der Waals surface area contributed by atoms with Crippen LogP contribution in [0.3, 0.4) is 0 Å². The third-order valence-corrected chi connectivity index (χ3v) is 3.27. The van der Waals surface area contributed by atoms with Crippen molar-refractivity contribution in [1.29, 1.82) is 0 Å². The zero-order valence-corrected chi connectivity index (χ0v) is 10.4. The number of thiazole rings is 1. The van der Waals surface area contributed by atoms with Crippen LogP contribution in [0.15, 0.2) is 21.9 Å². The largest absolute Gasteiger partial charge is 0.460 e. The van der Waals surface area contributed by atoms with Crippen molar-refractivity contribution in [2.45, 2.75) is 32.7 Å². The van der Waals surface area contributed by atoms with E-state index in [0.717, 1.165) is 35.1 Å². The van der Waals surface area contributed by atoms with E-state index >= 15 is 0 Å². The monoisotopic (exact) mass is 236 g/mol. The van der Waals surface area contributed by atoms with Gasteiger partial charge in [0, 0.05) is 17.8 Å². The molecule has 0 aliphatic heterocycles. The topological polar surface area (TPSA) is 52.0 Å². The highest BCUT2D eigenvalue weighted by Crippen LogP contribution is 2.24. The SMILES string of the molecule is Cc1ccc(-c2csc(CCC(C)N)n2)o1. The van der Waals surface area contributed by atoms with E-state index in [0.29, 0.717) is 0 Å². The van der Waals surface area contributed by atoms with Gasteiger partial charge in [-0.05, 0) is 32.4 Å². The van der Waals surface area contributed by atoms with Gasteiger partial charge in [-0.3, -0.25) is 0 Å². The van der Waals surface area contributed by atoms with Crippen molar-refractivity contribution in [1.82, 2.24) is 4.98 Å². The molecule has 2 aromatic rings. The average Bonchev–Trinajstić information content (AvgIpc) is 2.83. The van der Waals surface area contributed by atoms with E-state index in [9.17, 15) is 0 Å². The van der Waals surface area contributed by atoms with E-state index in [-0.39, 0.29) is 6.04 Å². The van der Waals surface area contributed by atoms with E-state index in [4.69, 9.17) is 10.2 Å². The Hall–Kier alpha value is -1.13. The molecule has 1 unspecified atom stereocenters. The summed E-state index contributed by atoms with van der Waals surface area (Å²) in [5, 5.41) is 3.16. The first kappa shape index (κ1) is 11.4. The molecule has 2 aromatic heterocycles. The van der Waals surface area contributed by atoms with Crippen LogP contribution in [-0.2, 0) is 6.42 Å². The molecule has 0 aliphatic carbocycles. The summed E-state index contributed by atoms with van der Waals surface area (Å²) in [6, 6.07) is 4.15. The lowest BCUT2D eigenvalue weighted by Crippen LogP contribution is -2.15. The lowest BCUT2D eigenvalue weighted by molar-refractivity contribution is 0.546. The minimum atomic E-state index is 0.234. The Balaban J connectivity index is 2.07. The summed E-state index contributed by atoms with van der Waals surface area (Å²) in [6.45, 7) is 3.96. The lowest BCUT2D eigenvalue weighted by Gasteiger charge is -2.00. The Labute approximate surface area is 99.3 Å². The zero-order chi connectivity index (χ0) is 11.5. The van der Waals surface area contributed by atoms with Crippen molar-refractivity contribution >= 4 is 11.3 Å². The molecule has 0 spiro atoms. The van der Waals surface area contributed by atoms with Crippen molar-refractivity contribution < 1.29 is 4.42 Å². The predicted molar refractivity (Wildman–Crippen MR) is 66.5 cm³/mol. The summed E-state index contributed by atoms with van der Waals surface area (Å²) in [5.41, 5.74) is 6.65. The van der Waals surface area contributed by atoms with Gasteiger partial charge in [-0.15, -0.1) is 11.3 Å². The number of nitrogens with two attached hydrogens (primary N) is 1. The highest BCUT2D eigenvalue weighted by Gasteiger charge is 2.08. The molecule has 3 nitrogen and oxygen atoms in total. The van der Waals surface area contributed by atoms with Crippen LogP contribution in [0, 0.1) is 6.92 Å². The molecule has 86 valence electrons. The van der Waals surface area contributed by atoms with Crippen molar-refractivity contribution in [3.05, 3.63) is 28.3 Å². The van der Waals surface area contributed by atoms with Gasteiger partial charge in [0.2, 0.25) is 0 Å². The molecule has 0 aliphatic rings. The third kappa shape index (κ3) is 2.71. The summed E-state index contributed by atoms with van der Waals surface area (Å²) >= 11 is 1.67.